The fourth-order valence-electron chi connectivity index (χ4n) is 3.54. The van der Waals surface area contributed by atoms with Crippen LogP contribution in [0.1, 0.15) is 65.9 Å². The minimum absolute atomic E-state index is 0.0689. The number of carbonyl (C=O) groups is 1. The Morgan fingerprint density at radius 3 is 2.26 bits per heavy atom. The molecule has 2 aliphatic rings. The van der Waals surface area contributed by atoms with Crippen LogP contribution in [-0.2, 0) is 14.0 Å². The van der Waals surface area contributed by atoms with Gasteiger partial charge in [-0.2, -0.15) is 0 Å². The van der Waals surface area contributed by atoms with Crippen molar-refractivity contribution in [3.8, 4) is 0 Å². The number of ether oxygens (including phenoxy) is 1. The first-order chi connectivity index (χ1) is 12.5. The molecule has 0 aromatic heterocycles. The molecule has 2 saturated heterocycles. The largest absolute Gasteiger partial charge is 0.494 e. The average molecular weight is 373 g/mol. The fourth-order valence-corrected chi connectivity index (χ4v) is 3.54. The second-order valence-electron chi connectivity index (χ2n) is 9.24. The molecule has 0 aliphatic carbocycles. The van der Waals surface area contributed by atoms with Crippen molar-refractivity contribution in [1.82, 2.24) is 4.90 Å². The quantitative estimate of drug-likeness (QED) is 0.742. The van der Waals surface area contributed by atoms with E-state index in [9.17, 15) is 4.79 Å². The molecule has 0 saturated carbocycles. The number of benzene rings is 1. The van der Waals surface area contributed by atoms with Gasteiger partial charge in [0.15, 0.2) is 0 Å². The van der Waals surface area contributed by atoms with Gasteiger partial charge in [0, 0.05) is 13.1 Å². The lowest BCUT2D eigenvalue weighted by molar-refractivity contribution is 0.0205. The Hall–Kier alpha value is -1.53. The zero-order chi connectivity index (χ0) is 19.8. The summed E-state index contributed by atoms with van der Waals surface area (Å²) in [4.78, 5) is 14.0. The first-order valence-electron chi connectivity index (χ1n) is 9.96. The Bertz CT molecular complexity index is 660. The van der Waals surface area contributed by atoms with E-state index in [-0.39, 0.29) is 24.9 Å². The molecule has 1 atom stereocenters. The second kappa shape index (κ2) is 7.48. The molecule has 0 spiro atoms. The molecule has 1 amide bonds. The first kappa shape index (κ1) is 20.2. The highest BCUT2D eigenvalue weighted by Gasteiger charge is 2.43. The van der Waals surface area contributed by atoms with Crippen LogP contribution in [0.4, 0.5) is 4.79 Å². The Morgan fingerprint density at radius 1 is 1.19 bits per heavy atom. The van der Waals surface area contributed by atoms with Gasteiger partial charge in [0.05, 0.1) is 11.7 Å². The minimum atomic E-state index is -0.444. The maximum absolute atomic E-state index is 12.2. The highest BCUT2D eigenvalue weighted by atomic mass is 16.7. The van der Waals surface area contributed by atoms with Crippen molar-refractivity contribution in [3.63, 3.8) is 0 Å². The molecule has 27 heavy (non-hydrogen) atoms. The molecule has 0 bridgehead atoms. The molecule has 2 heterocycles. The molecule has 2 aliphatic heterocycles. The number of piperidine rings is 1. The SMILES string of the molecule is C[C@H]1OB(c2ccc(C3CCN(C(=O)OC(C)(C)C)CC3)cc2)OC1(C)C. The Kier molecular flexibility index (Phi) is 5.60. The fraction of sp³-hybridized carbons (Fsp3) is 0.667. The lowest BCUT2D eigenvalue weighted by atomic mass is 9.77. The summed E-state index contributed by atoms with van der Waals surface area (Å²) in [6.07, 6.45) is 1.78. The van der Waals surface area contributed by atoms with Crippen molar-refractivity contribution in [2.75, 3.05) is 13.1 Å². The molecular weight excluding hydrogens is 341 g/mol. The van der Waals surface area contributed by atoms with Crippen molar-refractivity contribution >= 4 is 18.7 Å². The average Bonchev–Trinajstić information content (AvgIpc) is 2.87. The van der Waals surface area contributed by atoms with E-state index in [0.717, 1.165) is 31.4 Å². The van der Waals surface area contributed by atoms with Crippen LogP contribution in [0.15, 0.2) is 24.3 Å². The van der Waals surface area contributed by atoms with E-state index in [1.807, 2.05) is 32.6 Å². The molecular formula is C21H32BNO4. The van der Waals surface area contributed by atoms with Gasteiger partial charge in [-0.1, -0.05) is 24.3 Å². The third-order valence-electron chi connectivity index (χ3n) is 5.54. The third kappa shape index (κ3) is 4.85. The lowest BCUT2D eigenvalue weighted by Crippen LogP contribution is -2.41. The van der Waals surface area contributed by atoms with Crippen LogP contribution in [0.25, 0.3) is 0 Å². The number of hydrogen-bond donors (Lipinski definition) is 0. The van der Waals surface area contributed by atoms with E-state index in [0.29, 0.717) is 5.92 Å². The Balaban J connectivity index is 1.56. The predicted molar refractivity (Wildman–Crippen MR) is 107 cm³/mol. The number of nitrogens with zero attached hydrogens (tertiary/aromatic N) is 1. The molecule has 1 aromatic carbocycles. The molecule has 1 aromatic rings. The van der Waals surface area contributed by atoms with E-state index in [2.05, 4.69) is 38.1 Å². The number of amides is 1. The van der Waals surface area contributed by atoms with Crippen molar-refractivity contribution < 1.29 is 18.8 Å². The van der Waals surface area contributed by atoms with E-state index in [1.54, 1.807) is 0 Å². The van der Waals surface area contributed by atoms with E-state index in [1.165, 1.54) is 5.56 Å². The molecule has 3 rings (SSSR count). The number of carbonyl (C=O) groups excluding carboxylic acids is 1. The third-order valence-corrected chi connectivity index (χ3v) is 5.54. The number of likely N-dealkylation sites (tertiary alicyclic amines) is 1. The van der Waals surface area contributed by atoms with Crippen LogP contribution in [0.2, 0.25) is 0 Å². The number of hydrogen-bond acceptors (Lipinski definition) is 4. The Labute approximate surface area is 163 Å². The summed E-state index contributed by atoms with van der Waals surface area (Å²) in [5.41, 5.74) is 1.66. The summed E-state index contributed by atoms with van der Waals surface area (Å²) >= 11 is 0. The van der Waals surface area contributed by atoms with E-state index in [4.69, 9.17) is 14.0 Å². The molecule has 5 nitrogen and oxygen atoms in total. The maximum atomic E-state index is 12.2. The summed E-state index contributed by atoms with van der Waals surface area (Å²) < 4.78 is 17.5. The molecule has 148 valence electrons. The van der Waals surface area contributed by atoms with Crippen LogP contribution in [0, 0.1) is 0 Å². The minimum Gasteiger partial charge on any atom is -0.444 e. The first-order valence-corrected chi connectivity index (χ1v) is 9.96. The summed E-state index contributed by atoms with van der Waals surface area (Å²) in [5, 5.41) is 0. The normalized spacial score (nSPS) is 23.6. The summed E-state index contributed by atoms with van der Waals surface area (Å²) in [7, 11) is -0.293. The highest BCUT2D eigenvalue weighted by molar-refractivity contribution is 6.61. The monoisotopic (exact) mass is 373 g/mol. The van der Waals surface area contributed by atoms with Gasteiger partial charge in [0.25, 0.3) is 0 Å². The van der Waals surface area contributed by atoms with Crippen molar-refractivity contribution in [1.29, 1.82) is 0 Å². The molecule has 2 fully saturated rings. The predicted octanol–water partition coefficient (Wildman–Crippen LogP) is 3.71. The van der Waals surface area contributed by atoms with E-state index >= 15 is 0 Å². The highest BCUT2D eigenvalue weighted by Crippen LogP contribution is 2.30. The van der Waals surface area contributed by atoms with Gasteiger partial charge in [-0.15, -0.1) is 0 Å². The van der Waals surface area contributed by atoms with Crippen molar-refractivity contribution in [2.45, 2.75) is 77.6 Å². The van der Waals surface area contributed by atoms with E-state index < -0.39 is 5.60 Å². The van der Waals surface area contributed by atoms with Gasteiger partial charge in [0.1, 0.15) is 5.60 Å². The lowest BCUT2D eigenvalue weighted by Gasteiger charge is -2.33. The van der Waals surface area contributed by atoms with Gasteiger partial charge in [0.2, 0.25) is 0 Å². The van der Waals surface area contributed by atoms with Crippen LogP contribution in [0.3, 0.4) is 0 Å². The zero-order valence-electron chi connectivity index (χ0n) is 17.5. The zero-order valence-corrected chi connectivity index (χ0v) is 17.5. The van der Waals surface area contributed by atoms with Crippen molar-refractivity contribution in [3.05, 3.63) is 29.8 Å². The molecule has 0 radical (unpaired) electrons. The van der Waals surface area contributed by atoms with Gasteiger partial charge in [-0.25, -0.2) is 4.79 Å². The van der Waals surface area contributed by atoms with Crippen LogP contribution in [0.5, 0.6) is 0 Å². The summed E-state index contributed by atoms with van der Waals surface area (Å²) in [6, 6.07) is 8.56. The van der Waals surface area contributed by atoms with Gasteiger partial charge in [-0.05, 0) is 71.3 Å². The van der Waals surface area contributed by atoms with Crippen LogP contribution < -0.4 is 5.46 Å². The van der Waals surface area contributed by atoms with Crippen LogP contribution >= 0.6 is 0 Å². The van der Waals surface area contributed by atoms with Gasteiger partial charge < -0.3 is 18.9 Å². The topological polar surface area (TPSA) is 48.0 Å². The summed E-state index contributed by atoms with van der Waals surface area (Å²) in [6.45, 7) is 13.3. The maximum Gasteiger partial charge on any atom is 0.494 e. The standard InChI is InChI=1S/C21H32BNO4/c1-15-21(5,6)27-22(26-15)18-9-7-16(8-10-18)17-11-13-23(14-12-17)19(24)25-20(2,3)4/h7-10,15,17H,11-14H2,1-6H3/t15-/m1/s1. The van der Waals surface area contributed by atoms with Crippen molar-refractivity contribution in [2.24, 2.45) is 0 Å². The molecule has 0 unspecified atom stereocenters. The smallest absolute Gasteiger partial charge is 0.444 e. The number of rotatable bonds is 2. The summed E-state index contributed by atoms with van der Waals surface area (Å²) in [5.74, 6) is 0.471. The molecule has 6 heteroatoms. The van der Waals surface area contributed by atoms with Crippen LogP contribution in [-0.4, -0.2) is 48.5 Å². The molecule has 0 N–H and O–H groups in total. The Morgan fingerprint density at radius 2 is 1.78 bits per heavy atom. The van der Waals surface area contributed by atoms with Gasteiger partial charge in [-0.3, -0.25) is 0 Å². The van der Waals surface area contributed by atoms with Gasteiger partial charge >= 0.3 is 13.2 Å². The second-order valence-corrected chi connectivity index (χ2v) is 9.24.